The number of aromatic nitrogens is 1. The summed E-state index contributed by atoms with van der Waals surface area (Å²) in [6.45, 7) is 0.163. The molecule has 2 atom stereocenters. The predicted molar refractivity (Wildman–Crippen MR) is 124 cm³/mol. The first-order chi connectivity index (χ1) is 16.0. The number of pyridine rings is 1. The summed E-state index contributed by atoms with van der Waals surface area (Å²) in [5, 5.41) is 9.28. The topological polar surface area (TPSA) is 89.0 Å². The maximum atomic E-state index is 12.5. The highest BCUT2D eigenvalue weighted by Gasteiger charge is 2.28. The average molecular weight is 453 g/mol. The van der Waals surface area contributed by atoms with Gasteiger partial charge in [0, 0.05) is 31.0 Å². The molecule has 0 saturated heterocycles. The number of amides is 1. The summed E-state index contributed by atoms with van der Waals surface area (Å²) in [5.74, 6) is -0.327. The van der Waals surface area contributed by atoms with Crippen molar-refractivity contribution < 1.29 is 24.2 Å². The van der Waals surface area contributed by atoms with Gasteiger partial charge in [-0.1, -0.05) is 25.0 Å². The molecule has 7 heteroatoms. The zero-order valence-corrected chi connectivity index (χ0v) is 19.1. The van der Waals surface area contributed by atoms with Crippen molar-refractivity contribution in [2.24, 2.45) is 5.92 Å². The van der Waals surface area contributed by atoms with Gasteiger partial charge >= 0.3 is 12.1 Å². The Kier molecular flexibility index (Phi) is 7.47. The molecule has 0 radical (unpaired) electrons. The summed E-state index contributed by atoms with van der Waals surface area (Å²) < 4.78 is 11.7. The van der Waals surface area contributed by atoms with Gasteiger partial charge in [0.15, 0.2) is 0 Å². The molecule has 0 aliphatic heterocycles. The van der Waals surface area contributed by atoms with Crippen LogP contribution >= 0.6 is 0 Å². The van der Waals surface area contributed by atoms with Gasteiger partial charge in [0.25, 0.3) is 0 Å². The molecule has 1 aromatic carbocycles. The molecular weight excluding hydrogens is 420 g/mol. The Labute approximate surface area is 194 Å². The van der Waals surface area contributed by atoms with Crippen molar-refractivity contribution in [1.29, 1.82) is 0 Å². The molecule has 1 amide bonds. The number of ether oxygens (including phenoxy) is 2. The van der Waals surface area contributed by atoms with E-state index in [-0.39, 0.29) is 30.8 Å². The van der Waals surface area contributed by atoms with Crippen molar-refractivity contribution in [1.82, 2.24) is 9.88 Å². The van der Waals surface area contributed by atoms with Crippen LogP contribution in [0.5, 0.6) is 5.75 Å². The van der Waals surface area contributed by atoms with Crippen LogP contribution in [0.1, 0.15) is 56.9 Å². The molecular formula is C26H32N2O5. The maximum Gasteiger partial charge on any atom is 0.410 e. The molecule has 2 aromatic rings. The van der Waals surface area contributed by atoms with Crippen LogP contribution in [0.2, 0.25) is 0 Å². The first-order valence-corrected chi connectivity index (χ1v) is 11.8. The normalized spacial score (nSPS) is 20.9. The number of benzene rings is 1. The third-order valence-corrected chi connectivity index (χ3v) is 6.86. The highest BCUT2D eigenvalue weighted by molar-refractivity contribution is 5.70. The smallest absolute Gasteiger partial charge is 0.410 e. The van der Waals surface area contributed by atoms with Gasteiger partial charge < -0.3 is 19.5 Å². The number of rotatable bonds is 7. The van der Waals surface area contributed by atoms with E-state index in [2.05, 4.69) is 4.98 Å². The van der Waals surface area contributed by atoms with Crippen LogP contribution < -0.4 is 4.74 Å². The number of carbonyl (C=O) groups is 2. The van der Waals surface area contributed by atoms with Crippen LogP contribution in [-0.4, -0.2) is 46.2 Å². The Hall–Kier alpha value is -3.09. The lowest BCUT2D eigenvalue weighted by atomic mass is 9.87. The fourth-order valence-electron chi connectivity index (χ4n) is 4.89. The summed E-state index contributed by atoms with van der Waals surface area (Å²) in [4.78, 5) is 29.7. The second kappa shape index (κ2) is 10.7. The zero-order valence-electron chi connectivity index (χ0n) is 19.1. The Morgan fingerprint density at radius 3 is 2.55 bits per heavy atom. The molecule has 2 saturated carbocycles. The Bertz CT molecular complexity index is 955. The van der Waals surface area contributed by atoms with E-state index in [1.54, 1.807) is 17.3 Å². The van der Waals surface area contributed by atoms with Gasteiger partial charge in [-0.05, 0) is 67.9 Å². The van der Waals surface area contributed by atoms with Crippen molar-refractivity contribution in [2.45, 2.75) is 70.1 Å². The van der Waals surface area contributed by atoms with E-state index in [9.17, 15) is 14.7 Å². The van der Waals surface area contributed by atoms with Crippen molar-refractivity contribution in [3.8, 4) is 16.9 Å². The second-order valence-electron chi connectivity index (χ2n) is 9.10. The van der Waals surface area contributed by atoms with E-state index in [0.29, 0.717) is 6.42 Å². The predicted octanol–water partition coefficient (Wildman–Crippen LogP) is 5.28. The lowest BCUT2D eigenvalue weighted by Gasteiger charge is -2.27. The Morgan fingerprint density at radius 2 is 1.82 bits per heavy atom. The molecule has 176 valence electrons. The quantitative estimate of drug-likeness (QED) is 0.615. The Morgan fingerprint density at radius 1 is 1.06 bits per heavy atom. The monoisotopic (exact) mass is 452 g/mol. The van der Waals surface area contributed by atoms with E-state index < -0.39 is 5.97 Å². The maximum absolute atomic E-state index is 12.5. The molecule has 0 bridgehead atoms. The van der Waals surface area contributed by atoms with Crippen LogP contribution in [-0.2, 0) is 16.1 Å². The van der Waals surface area contributed by atoms with Gasteiger partial charge in [0.2, 0.25) is 0 Å². The van der Waals surface area contributed by atoms with E-state index >= 15 is 0 Å². The minimum absolute atomic E-state index is 0.0709. The summed E-state index contributed by atoms with van der Waals surface area (Å²) in [6, 6.07) is 9.94. The minimum Gasteiger partial charge on any atom is -0.490 e. The molecule has 2 fully saturated rings. The number of aliphatic carboxylic acids is 1. The van der Waals surface area contributed by atoms with Crippen LogP contribution in [0.4, 0.5) is 4.79 Å². The van der Waals surface area contributed by atoms with Crippen LogP contribution in [0.3, 0.4) is 0 Å². The number of nitrogens with zero attached hydrogens (tertiary/aromatic N) is 2. The van der Waals surface area contributed by atoms with Crippen LogP contribution in [0.25, 0.3) is 11.1 Å². The lowest BCUT2D eigenvalue weighted by molar-refractivity contribution is -0.143. The van der Waals surface area contributed by atoms with Gasteiger partial charge in [-0.15, -0.1) is 0 Å². The lowest BCUT2D eigenvalue weighted by Crippen LogP contribution is -2.35. The molecule has 1 aromatic heterocycles. The van der Waals surface area contributed by atoms with Crippen molar-refractivity contribution in [3.63, 3.8) is 0 Å². The largest absolute Gasteiger partial charge is 0.490 e. The number of carbonyl (C=O) groups excluding carboxylic acids is 1. The third-order valence-electron chi connectivity index (χ3n) is 6.86. The molecule has 0 unspecified atom stereocenters. The van der Waals surface area contributed by atoms with E-state index in [1.807, 2.05) is 37.4 Å². The van der Waals surface area contributed by atoms with E-state index in [1.165, 1.54) is 0 Å². The summed E-state index contributed by atoms with van der Waals surface area (Å²) in [7, 11) is 1.81. The van der Waals surface area contributed by atoms with Gasteiger partial charge in [0.1, 0.15) is 12.4 Å². The van der Waals surface area contributed by atoms with Gasteiger partial charge in [-0.3, -0.25) is 9.78 Å². The van der Waals surface area contributed by atoms with Crippen LogP contribution in [0.15, 0.2) is 42.7 Å². The SMILES string of the molecule is CN(C(=O)OCc1cnccc1-c1ccc(O[C@H]2CCC[C@H](C(=O)O)C2)cc1)C1CCCC1. The highest BCUT2D eigenvalue weighted by atomic mass is 16.6. The number of hydrogen-bond acceptors (Lipinski definition) is 5. The van der Waals surface area contributed by atoms with Crippen LogP contribution in [0, 0.1) is 5.92 Å². The summed E-state index contributed by atoms with van der Waals surface area (Å²) in [6.07, 6.45) is 10.5. The molecule has 2 aliphatic carbocycles. The molecule has 33 heavy (non-hydrogen) atoms. The van der Waals surface area contributed by atoms with E-state index in [4.69, 9.17) is 9.47 Å². The standard InChI is InChI=1S/C26H32N2O5/c1-28(21-6-2-3-7-21)26(31)32-17-20-16-27-14-13-24(20)18-9-11-22(12-10-18)33-23-8-4-5-19(15-23)25(29)30/h9-14,16,19,21,23H,2-8,15,17H2,1H3,(H,29,30)/t19-,23-/m0/s1. The minimum atomic E-state index is -0.737. The summed E-state index contributed by atoms with van der Waals surface area (Å²) >= 11 is 0. The first kappa shape index (κ1) is 23.1. The third kappa shape index (κ3) is 5.83. The van der Waals surface area contributed by atoms with E-state index in [0.717, 1.165) is 67.4 Å². The number of carboxylic acid groups (broad SMARTS) is 1. The molecule has 2 aliphatic rings. The fraction of sp³-hybridized carbons (Fsp3) is 0.500. The number of hydrogen-bond donors (Lipinski definition) is 1. The molecule has 1 heterocycles. The van der Waals surface area contributed by atoms with Gasteiger partial charge in [-0.25, -0.2) is 4.79 Å². The van der Waals surface area contributed by atoms with Crippen molar-refractivity contribution in [3.05, 3.63) is 48.3 Å². The molecule has 7 nitrogen and oxygen atoms in total. The molecule has 4 rings (SSSR count). The summed E-state index contributed by atoms with van der Waals surface area (Å²) in [5.41, 5.74) is 2.78. The molecule has 1 N–H and O–H groups in total. The van der Waals surface area contributed by atoms with Gasteiger partial charge in [0.05, 0.1) is 12.0 Å². The average Bonchev–Trinajstić information content (AvgIpc) is 3.38. The van der Waals surface area contributed by atoms with Crippen molar-refractivity contribution >= 4 is 12.1 Å². The number of carboxylic acids is 1. The fourth-order valence-corrected chi connectivity index (χ4v) is 4.89. The second-order valence-corrected chi connectivity index (χ2v) is 9.10. The van der Waals surface area contributed by atoms with Crippen molar-refractivity contribution in [2.75, 3.05) is 7.05 Å². The first-order valence-electron chi connectivity index (χ1n) is 11.8. The molecule has 0 spiro atoms. The zero-order chi connectivity index (χ0) is 23.2. The van der Waals surface area contributed by atoms with Gasteiger partial charge in [-0.2, -0.15) is 0 Å². The highest BCUT2D eigenvalue weighted by Crippen LogP contribution is 2.30. The Balaban J connectivity index is 1.38.